The van der Waals surface area contributed by atoms with E-state index in [-0.39, 0.29) is 6.54 Å². The number of hydrogen-bond acceptors (Lipinski definition) is 4. The first-order valence-corrected chi connectivity index (χ1v) is 8.62. The summed E-state index contributed by atoms with van der Waals surface area (Å²) in [6.07, 6.45) is 1.56. The van der Waals surface area contributed by atoms with E-state index in [1.54, 1.807) is 43.6 Å². The van der Waals surface area contributed by atoms with Gasteiger partial charge in [0, 0.05) is 24.4 Å². The van der Waals surface area contributed by atoms with Crippen molar-refractivity contribution in [3.63, 3.8) is 0 Å². The minimum atomic E-state index is -0.403. The van der Waals surface area contributed by atoms with Gasteiger partial charge in [-0.2, -0.15) is 0 Å². The maximum absolute atomic E-state index is 13.3. The monoisotopic (exact) mass is 381 g/mol. The highest BCUT2D eigenvalue weighted by molar-refractivity contribution is 5.91. The van der Waals surface area contributed by atoms with E-state index in [1.165, 1.54) is 12.1 Å². The number of hydrogen-bond donors (Lipinski definition) is 2. The largest absolute Gasteiger partial charge is 0.495 e. The van der Waals surface area contributed by atoms with Gasteiger partial charge in [0.25, 0.3) is 0 Å². The fraction of sp³-hybridized carbons (Fsp3) is 0.143. The van der Waals surface area contributed by atoms with Crippen molar-refractivity contribution in [1.29, 1.82) is 0 Å². The van der Waals surface area contributed by atoms with Gasteiger partial charge in [0.1, 0.15) is 17.3 Å². The molecule has 2 aromatic carbocycles. The van der Waals surface area contributed by atoms with Crippen LogP contribution in [0.5, 0.6) is 17.4 Å². The zero-order chi connectivity index (χ0) is 19.9. The Bertz CT molecular complexity index is 979. The predicted molar refractivity (Wildman–Crippen MR) is 104 cm³/mol. The number of urea groups is 1. The summed E-state index contributed by atoms with van der Waals surface area (Å²) in [7, 11) is 1.55. The van der Waals surface area contributed by atoms with Crippen LogP contribution in [0.15, 0.2) is 60.8 Å². The van der Waals surface area contributed by atoms with Gasteiger partial charge in [0.2, 0.25) is 5.88 Å². The minimum Gasteiger partial charge on any atom is -0.495 e. The molecule has 7 heteroatoms. The van der Waals surface area contributed by atoms with E-state index in [9.17, 15) is 9.18 Å². The van der Waals surface area contributed by atoms with Gasteiger partial charge in [-0.3, -0.25) is 0 Å². The summed E-state index contributed by atoms with van der Waals surface area (Å²) in [5.41, 5.74) is 2.24. The van der Waals surface area contributed by atoms with Crippen molar-refractivity contribution in [3.8, 4) is 17.4 Å². The van der Waals surface area contributed by atoms with Crippen molar-refractivity contribution in [1.82, 2.24) is 10.3 Å². The number of carbonyl (C=O) groups is 1. The Balaban J connectivity index is 1.65. The number of ether oxygens (including phenoxy) is 2. The third-order valence-electron chi connectivity index (χ3n) is 3.91. The second kappa shape index (κ2) is 8.85. The number of pyridine rings is 1. The first kappa shape index (κ1) is 19.2. The molecule has 1 aromatic heterocycles. The molecule has 0 aliphatic heterocycles. The van der Waals surface area contributed by atoms with Gasteiger partial charge in [-0.05, 0) is 42.8 Å². The number of methoxy groups -OCH3 is 1. The number of anilines is 1. The number of aromatic nitrogens is 1. The molecule has 2 N–H and O–H groups in total. The second-order valence-electron chi connectivity index (χ2n) is 6.04. The van der Waals surface area contributed by atoms with E-state index in [2.05, 4.69) is 15.6 Å². The molecule has 0 fully saturated rings. The third kappa shape index (κ3) is 4.97. The van der Waals surface area contributed by atoms with E-state index in [0.717, 1.165) is 5.56 Å². The summed E-state index contributed by atoms with van der Waals surface area (Å²) in [6.45, 7) is 2.12. The Labute approximate surface area is 162 Å². The van der Waals surface area contributed by atoms with Crippen LogP contribution in [0.3, 0.4) is 0 Å². The second-order valence-corrected chi connectivity index (χ2v) is 6.04. The number of nitrogens with zero attached hydrogens (tertiary/aromatic N) is 1. The van der Waals surface area contributed by atoms with Crippen molar-refractivity contribution in [2.75, 3.05) is 12.4 Å². The fourth-order valence-electron chi connectivity index (χ4n) is 2.54. The zero-order valence-corrected chi connectivity index (χ0v) is 15.5. The van der Waals surface area contributed by atoms with Gasteiger partial charge in [0.15, 0.2) is 0 Å². The lowest BCUT2D eigenvalue weighted by atomic mass is 10.2. The fourth-order valence-corrected chi connectivity index (χ4v) is 2.54. The summed E-state index contributed by atoms with van der Waals surface area (Å²) >= 11 is 0. The topological polar surface area (TPSA) is 72.5 Å². The van der Waals surface area contributed by atoms with E-state index >= 15 is 0 Å². The van der Waals surface area contributed by atoms with Gasteiger partial charge < -0.3 is 20.1 Å². The standard InChI is InChI=1S/C21H20FN3O3/c1-14-8-9-18(19(11-14)27-2)25-21(26)24-13-15-5-4-10-23-20(15)28-17-7-3-6-16(22)12-17/h3-12H,13H2,1-2H3,(H2,24,25,26). The zero-order valence-electron chi connectivity index (χ0n) is 15.5. The van der Waals surface area contributed by atoms with Gasteiger partial charge in [-0.15, -0.1) is 0 Å². The highest BCUT2D eigenvalue weighted by Crippen LogP contribution is 2.26. The number of amides is 2. The maximum atomic E-state index is 13.3. The highest BCUT2D eigenvalue weighted by atomic mass is 19.1. The lowest BCUT2D eigenvalue weighted by Gasteiger charge is -2.13. The molecule has 0 atom stereocenters. The molecule has 6 nitrogen and oxygen atoms in total. The van der Waals surface area contributed by atoms with Crippen molar-refractivity contribution >= 4 is 11.7 Å². The summed E-state index contributed by atoms with van der Waals surface area (Å²) < 4.78 is 24.3. The quantitative estimate of drug-likeness (QED) is 0.652. The van der Waals surface area contributed by atoms with Gasteiger partial charge in [-0.1, -0.05) is 18.2 Å². The Hall–Kier alpha value is -3.61. The van der Waals surface area contributed by atoms with Gasteiger partial charge in [-0.25, -0.2) is 14.2 Å². The van der Waals surface area contributed by atoms with Crippen molar-refractivity contribution in [2.24, 2.45) is 0 Å². The summed E-state index contributed by atoms with van der Waals surface area (Å²) in [4.78, 5) is 16.4. The molecular weight excluding hydrogens is 361 g/mol. The lowest BCUT2D eigenvalue weighted by molar-refractivity contribution is 0.251. The van der Waals surface area contributed by atoms with Crippen LogP contribution in [0, 0.1) is 12.7 Å². The number of aryl methyl sites for hydroxylation is 1. The molecular formula is C21H20FN3O3. The van der Waals surface area contributed by atoms with Crippen LogP contribution in [-0.4, -0.2) is 18.1 Å². The van der Waals surface area contributed by atoms with Crippen LogP contribution >= 0.6 is 0 Å². The van der Waals surface area contributed by atoms with Crippen molar-refractivity contribution in [3.05, 3.63) is 77.7 Å². The smallest absolute Gasteiger partial charge is 0.319 e. The molecule has 28 heavy (non-hydrogen) atoms. The number of halogens is 1. The lowest BCUT2D eigenvalue weighted by Crippen LogP contribution is -2.28. The average Bonchev–Trinajstić information content (AvgIpc) is 2.68. The first-order chi connectivity index (χ1) is 13.5. The molecule has 144 valence electrons. The van der Waals surface area contributed by atoms with E-state index < -0.39 is 11.8 Å². The molecule has 0 unspecified atom stereocenters. The molecule has 0 aliphatic rings. The minimum absolute atomic E-state index is 0.179. The van der Waals surface area contributed by atoms with Crippen LogP contribution in [0.4, 0.5) is 14.9 Å². The first-order valence-electron chi connectivity index (χ1n) is 8.62. The van der Waals surface area contributed by atoms with E-state index in [0.29, 0.717) is 28.6 Å². The van der Waals surface area contributed by atoms with Crippen molar-refractivity contribution < 1.29 is 18.7 Å². The normalized spacial score (nSPS) is 10.2. The van der Waals surface area contributed by atoms with Crippen molar-refractivity contribution in [2.45, 2.75) is 13.5 Å². The number of rotatable bonds is 6. The number of carbonyl (C=O) groups excluding carboxylic acids is 1. The Morgan fingerprint density at radius 3 is 2.79 bits per heavy atom. The molecule has 1 heterocycles. The molecule has 3 aromatic rings. The third-order valence-corrected chi connectivity index (χ3v) is 3.91. The number of nitrogens with one attached hydrogen (secondary N) is 2. The SMILES string of the molecule is COc1cc(C)ccc1NC(=O)NCc1cccnc1Oc1cccc(F)c1. The maximum Gasteiger partial charge on any atom is 0.319 e. The summed E-state index contributed by atoms with van der Waals surface area (Å²) in [5, 5.41) is 5.50. The highest BCUT2D eigenvalue weighted by Gasteiger charge is 2.11. The van der Waals surface area contributed by atoms with Crippen LogP contribution in [0.1, 0.15) is 11.1 Å². The summed E-state index contributed by atoms with van der Waals surface area (Å²) in [5.74, 6) is 0.793. The molecule has 3 rings (SSSR count). The predicted octanol–water partition coefficient (Wildman–Crippen LogP) is 4.65. The van der Waals surface area contributed by atoms with Crippen LogP contribution in [0.2, 0.25) is 0 Å². The van der Waals surface area contributed by atoms with Gasteiger partial charge in [0.05, 0.1) is 12.8 Å². The van der Waals surface area contributed by atoms with Gasteiger partial charge >= 0.3 is 6.03 Å². The summed E-state index contributed by atoms with van der Waals surface area (Å²) in [6, 6.07) is 14.4. The molecule has 0 bridgehead atoms. The molecule has 0 spiro atoms. The Morgan fingerprint density at radius 2 is 2.00 bits per heavy atom. The van der Waals surface area contributed by atoms with Crippen LogP contribution < -0.4 is 20.1 Å². The van der Waals surface area contributed by atoms with E-state index in [4.69, 9.17) is 9.47 Å². The molecule has 0 saturated carbocycles. The molecule has 0 aliphatic carbocycles. The molecule has 0 radical (unpaired) electrons. The average molecular weight is 381 g/mol. The van der Waals surface area contributed by atoms with Crippen LogP contribution in [0.25, 0.3) is 0 Å². The molecule has 0 saturated heterocycles. The van der Waals surface area contributed by atoms with Crippen LogP contribution in [-0.2, 0) is 6.54 Å². The Kier molecular flexibility index (Phi) is 6.06. The molecule has 2 amide bonds. The van der Waals surface area contributed by atoms with E-state index in [1.807, 2.05) is 19.1 Å². The number of benzene rings is 2. The Morgan fingerprint density at radius 1 is 1.14 bits per heavy atom.